The van der Waals surface area contributed by atoms with Crippen molar-refractivity contribution in [3.8, 4) is 0 Å². The highest BCUT2D eigenvalue weighted by atomic mass is 35.5. The van der Waals surface area contributed by atoms with Crippen LogP contribution in [0.1, 0.15) is 19.3 Å². The molecule has 5 nitrogen and oxygen atoms in total. The first kappa shape index (κ1) is 11.1. The van der Waals surface area contributed by atoms with E-state index in [1.807, 2.05) is 0 Å². The van der Waals surface area contributed by atoms with Crippen LogP contribution in [0.4, 0.5) is 5.82 Å². The largest absolute Gasteiger partial charge is 0.480 e. The van der Waals surface area contributed by atoms with Crippen molar-refractivity contribution in [3.05, 3.63) is 17.5 Å². The van der Waals surface area contributed by atoms with Crippen molar-refractivity contribution in [2.45, 2.75) is 25.3 Å². The zero-order chi connectivity index (χ0) is 11.5. The SMILES string of the molecule is O=C(O)[C@H]1CCCCN1c1cc(Cl)ncn1. The zero-order valence-electron chi connectivity index (χ0n) is 8.64. The van der Waals surface area contributed by atoms with E-state index in [9.17, 15) is 4.79 Å². The third-order valence-electron chi connectivity index (χ3n) is 2.70. The summed E-state index contributed by atoms with van der Waals surface area (Å²) in [6.45, 7) is 0.699. The Morgan fingerprint density at radius 3 is 3.00 bits per heavy atom. The highest BCUT2D eigenvalue weighted by Gasteiger charge is 2.29. The van der Waals surface area contributed by atoms with Crippen molar-refractivity contribution in [2.24, 2.45) is 0 Å². The average Bonchev–Trinajstić information content (AvgIpc) is 2.29. The number of halogens is 1. The molecule has 1 atom stereocenters. The lowest BCUT2D eigenvalue weighted by atomic mass is 10.0. The van der Waals surface area contributed by atoms with Gasteiger partial charge in [-0.1, -0.05) is 11.6 Å². The Kier molecular flexibility index (Phi) is 3.24. The molecule has 1 saturated heterocycles. The molecule has 2 heterocycles. The van der Waals surface area contributed by atoms with Crippen LogP contribution in [-0.4, -0.2) is 33.6 Å². The fourth-order valence-electron chi connectivity index (χ4n) is 1.94. The summed E-state index contributed by atoms with van der Waals surface area (Å²) in [7, 11) is 0. The summed E-state index contributed by atoms with van der Waals surface area (Å²) in [4.78, 5) is 20.7. The first-order valence-corrected chi connectivity index (χ1v) is 5.53. The smallest absolute Gasteiger partial charge is 0.326 e. The predicted octanol–water partition coefficient (Wildman–Crippen LogP) is 1.57. The van der Waals surface area contributed by atoms with Gasteiger partial charge in [0.1, 0.15) is 23.3 Å². The molecule has 0 aliphatic carbocycles. The third kappa shape index (κ3) is 2.24. The molecule has 0 amide bonds. The minimum Gasteiger partial charge on any atom is -0.480 e. The molecule has 1 aromatic heterocycles. The lowest BCUT2D eigenvalue weighted by Crippen LogP contribution is -2.45. The van der Waals surface area contributed by atoms with Gasteiger partial charge in [-0.2, -0.15) is 0 Å². The van der Waals surface area contributed by atoms with Gasteiger partial charge in [-0.25, -0.2) is 14.8 Å². The molecule has 1 fully saturated rings. The van der Waals surface area contributed by atoms with Gasteiger partial charge in [-0.15, -0.1) is 0 Å². The number of piperidine rings is 1. The van der Waals surface area contributed by atoms with Crippen LogP contribution in [0.3, 0.4) is 0 Å². The Bertz CT molecular complexity index is 399. The van der Waals surface area contributed by atoms with Crippen LogP contribution in [-0.2, 0) is 4.79 Å². The number of carboxylic acid groups (broad SMARTS) is 1. The fourth-order valence-corrected chi connectivity index (χ4v) is 2.09. The lowest BCUT2D eigenvalue weighted by Gasteiger charge is -2.33. The summed E-state index contributed by atoms with van der Waals surface area (Å²) in [5, 5.41) is 9.45. The van der Waals surface area contributed by atoms with E-state index in [4.69, 9.17) is 16.7 Å². The monoisotopic (exact) mass is 241 g/mol. The molecule has 0 unspecified atom stereocenters. The van der Waals surface area contributed by atoms with E-state index in [0.29, 0.717) is 23.9 Å². The van der Waals surface area contributed by atoms with Gasteiger partial charge < -0.3 is 10.0 Å². The molecule has 1 aliphatic rings. The van der Waals surface area contributed by atoms with E-state index in [-0.39, 0.29) is 0 Å². The van der Waals surface area contributed by atoms with E-state index in [2.05, 4.69) is 9.97 Å². The van der Waals surface area contributed by atoms with Crippen LogP contribution in [0.15, 0.2) is 12.4 Å². The topological polar surface area (TPSA) is 66.3 Å². The van der Waals surface area contributed by atoms with Crippen molar-refractivity contribution in [3.63, 3.8) is 0 Å². The number of nitrogens with zero attached hydrogens (tertiary/aromatic N) is 3. The molecule has 2 rings (SSSR count). The van der Waals surface area contributed by atoms with Crippen LogP contribution in [0, 0.1) is 0 Å². The Labute approximate surface area is 98.1 Å². The Morgan fingerprint density at radius 2 is 2.31 bits per heavy atom. The van der Waals surface area contributed by atoms with Gasteiger partial charge in [0.25, 0.3) is 0 Å². The standard InChI is InChI=1S/C10H12ClN3O2/c11-8-5-9(13-6-12-8)14-4-2-1-3-7(14)10(15)16/h5-7H,1-4H2,(H,15,16)/t7-/m1/s1. The first-order valence-electron chi connectivity index (χ1n) is 5.15. The van der Waals surface area contributed by atoms with Crippen LogP contribution < -0.4 is 4.90 Å². The van der Waals surface area contributed by atoms with Gasteiger partial charge in [0.2, 0.25) is 0 Å². The lowest BCUT2D eigenvalue weighted by molar-refractivity contribution is -0.139. The summed E-state index contributed by atoms with van der Waals surface area (Å²) in [5.41, 5.74) is 0. The van der Waals surface area contributed by atoms with E-state index < -0.39 is 12.0 Å². The number of carboxylic acids is 1. The first-order chi connectivity index (χ1) is 7.68. The molecule has 1 N–H and O–H groups in total. The van der Waals surface area contributed by atoms with Crippen molar-refractivity contribution < 1.29 is 9.90 Å². The van der Waals surface area contributed by atoms with Crippen LogP contribution in [0.5, 0.6) is 0 Å². The number of aromatic nitrogens is 2. The predicted molar refractivity (Wildman–Crippen MR) is 59.7 cm³/mol. The summed E-state index contributed by atoms with van der Waals surface area (Å²) in [6, 6.07) is 1.10. The number of hydrogen-bond donors (Lipinski definition) is 1. The highest BCUT2D eigenvalue weighted by Crippen LogP contribution is 2.24. The van der Waals surface area contributed by atoms with Crippen LogP contribution in [0.2, 0.25) is 5.15 Å². The summed E-state index contributed by atoms with van der Waals surface area (Å²) in [6.07, 6.45) is 3.92. The fraction of sp³-hybridized carbons (Fsp3) is 0.500. The highest BCUT2D eigenvalue weighted by molar-refractivity contribution is 6.29. The molecule has 0 radical (unpaired) electrons. The molecule has 0 spiro atoms. The van der Waals surface area contributed by atoms with Gasteiger partial charge in [0.15, 0.2) is 0 Å². The molecule has 1 aliphatic heterocycles. The summed E-state index contributed by atoms with van der Waals surface area (Å²) in [5.74, 6) is -0.221. The van der Waals surface area contributed by atoms with Gasteiger partial charge in [-0.05, 0) is 19.3 Å². The minimum absolute atomic E-state index is 0.333. The van der Waals surface area contributed by atoms with E-state index in [0.717, 1.165) is 12.8 Å². The van der Waals surface area contributed by atoms with Crippen molar-refractivity contribution in [1.82, 2.24) is 9.97 Å². The molecule has 0 bridgehead atoms. The van der Waals surface area contributed by atoms with Crippen molar-refractivity contribution >= 4 is 23.4 Å². The van der Waals surface area contributed by atoms with Crippen LogP contribution >= 0.6 is 11.6 Å². The molecule has 16 heavy (non-hydrogen) atoms. The normalized spacial score (nSPS) is 20.8. The van der Waals surface area contributed by atoms with Gasteiger partial charge in [0.05, 0.1) is 0 Å². The number of rotatable bonds is 2. The molecular weight excluding hydrogens is 230 g/mol. The summed E-state index contributed by atoms with van der Waals surface area (Å²) >= 11 is 5.77. The van der Waals surface area contributed by atoms with Gasteiger partial charge in [0, 0.05) is 12.6 Å². The second kappa shape index (κ2) is 4.65. The molecule has 0 saturated carbocycles. The third-order valence-corrected chi connectivity index (χ3v) is 2.91. The molecule has 86 valence electrons. The quantitative estimate of drug-likeness (QED) is 0.797. The molecular formula is C10H12ClN3O2. The van der Waals surface area contributed by atoms with Crippen molar-refractivity contribution in [2.75, 3.05) is 11.4 Å². The zero-order valence-corrected chi connectivity index (χ0v) is 9.39. The molecule has 0 aromatic carbocycles. The second-order valence-corrected chi connectivity index (χ2v) is 4.13. The number of carbonyl (C=O) groups is 1. The second-order valence-electron chi connectivity index (χ2n) is 3.74. The van der Waals surface area contributed by atoms with E-state index in [1.165, 1.54) is 6.33 Å². The van der Waals surface area contributed by atoms with Crippen LogP contribution in [0.25, 0.3) is 0 Å². The Morgan fingerprint density at radius 1 is 1.50 bits per heavy atom. The number of anilines is 1. The number of hydrogen-bond acceptors (Lipinski definition) is 4. The Hall–Kier alpha value is -1.36. The van der Waals surface area contributed by atoms with Crippen molar-refractivity contribution in [1.29, 1.82) is 0 Å². The average molecular weight is 242 g/mol. The number of aliphatic carboxylic acids is 1. The van der Waals surface area contributed by atoms with E-state index in [1.54, 1.807) is 11.0 Å². The Balaban J connectivity index is 2.26. The summed E-state index contributed by atoms with van der Waals surface area (Å²) < 4.78 is 0. The molecule has 6 heteroatoms. The molecule has 1 aromatic rings. The minimum atomic E-state index is -0.811. The van der Waals surface area contributed by atoms with Gasteiger partial charge in [-0.3, -0.25) is 0 Å². The van der Waals surface area contributed by atoms with E-state index >= 15 is 0 Å². The maximum absolute atomic E-state index is 11.1. The maximum atomic E-state index is 11.1. The maximum Gasteiger partial charge on any atom is 0.326 e. The van der Waals surface area contributed by atoms with Gasteiger partial charge >= 0.3 is 5.97 Å².